The van der Waals surface area contributed by atoms with E-state index in [0.717, 1.165) is 12.8 Å². The summed E-state index contributed by atoms with van der Waals surface area (Å²) in [6.07, 6.45) is 1.26. The first-order valence-electron chi connectivity index (χ1n) is 7.22. The van der Waals surface area contributed by atoms with Gasteiger partial charge in [0.2, 0.25) is 0 Å². The second-order valence-electron chi connectivity index (χ2n) is 5.54. The quantitative estimate of drug-likeness (QED) is 0.617. The normalized spacial score (nSPS) is 17.6. The molecule has 0 N–H and O–H groups in total. The highest BCUT2D eigenvalue weighted by Crippen LogP contribution is 2.38. The number of hydrogen-bond acceptors (Lipinski definition) is 4. The first-order chi connectivity index (χ1) is 9.95. The van der Waals surface area contributed by atoms with Crippen molar-refractivity contribution in [1.29, 1.82) is 0 Å². The zero-order valence-electron chi connectivity index (χ0n) is 12.5. The number of anilines is 1. The van der Waals surface area contributed by atoms with Gasteiger partial charge >= 0.3 is 0 Å². The minimum absolute atomic E-state index is 0.0327. The minimum Gasteiger partial charge on any atom is -0.478 e. The number of unbranched alkanes of at least 4 members (excludes halogenated alkanes) is 1. The van der Waals surface area contributed by atoms with Crippen molar-refractivity contribution in [3.8, 4) is 5.75 Å². The molecular formula is C15H20N2O4. The number of rotatable bonds is 5. The monoisotopic (exact) mass is 292 g/mol. The molecule has 0 fully saturated rings. The van der Waals surface area contributed by atoms with Crippen molar-refractivity contribution in [1.82, 2.24) is 0 Å². The van der Waals surface area contributed by atoms with Crippen molar-refractivity contribution in [3.63, 3.8) is 0 Å². The van der Waals surface area contributed by atoms with E-state index in [1.165, 1.54) is 12.1 Å². The molecule has 1 heterocycles. The third kappa shape index (κ3) is 2.99. The van der Waals surface area contributed by atoms with Gasteiger partial charge in [-0.25, -0.2) is 0 Å². The smallest absolute Gasteiger partial charge is 0.271 e. The fraction of sp³-hybridized carbons (Fsp3) is 0.533. The molecule has 0 radical (unpaired) electrons. The fourth-order valence-electron chi connectivity index (χ4n) is 2.36. The Kier molecular flexibility index (Phi) is 4.45. The van der Waals surface area contributed by atoms with Crippen LogP contribution in [0.1, 0.15) is 33.6 Å². The molecule has 6 nitrogen and oxygen atoms in total. The molecule has 1 aromatic rings. The van der Waals surface area contributed by atoms with Crippen LogP contribution < -0.4 is 9.64 Å². The largest absolute Gasteiger partial charge is 0.478 e. The van der Waals surface area contributed by atoms with Crippen molar-refractivity contribution < 1.29 is 14.5 Å². The SMILES string of the molecule is CCCCN1C(=O)C(C(C)C)Oc2ccc([N+](=O)[O-])cc21. The number of carbonyl (C=O) groups excluding carboxylic acids is 1. The minimum atomic E-state index is -0.532. The van der Waals surface area contributed by atoms with Crippen LogP contribution in [0.3, 0.4) is 0 Å². The second-order valence-corrected chi connectivity index (χ2v) is 5.54. The maximum absolute atomic E-state index is 12.5. The molecular weight excluding hydrogens is 272 g/mol. The van der Waals surface area contributed by atoms with Gasteiger partial charge in [0.05, 0.1) is 10.6 Å². The van der Waals surface area contributed by atoms with Crippen molar-refractivity contribution in [2.75, 3.05) is 11.4 Å². The summed E-state index contributed by atoms with van der Waals surface area (Å²) >= 11 is 0. The van der Waals surface area contributed by atoms with Crippen molar-refractivity contribution in [2.45, 2.75) is 39.7 Å². The number of fused-ring (bicyclic) bond motifs is 1. The van der Waals surface area contributed by atoms with Crippen LogP contribution in [0.2, 0.25) is 0 Å². The van der Waals surface area contributed by atoms with E-state index in [0.29, 0.717) is 18.0 Å². The summed E-state index contributed by atoms with van der Waals surface area (Å²) in [5, 5.41) is 10.9. The average molecular weight is 292 g/mol. The molecule has 6 heteroatoms. The Morgan fingerprint density at radius 1 is 1.43 bits per heavy atom. The first-order valence-corrected chi connectivity index (χ1v) is 7.22. The Morgan fingerprint density at radius 2 is 2.14 bits per heavy atom. The summed E-state index contributed by atoms with van der Waals surface area (Å²) in [6, 6.07) is 4.40. The molecule has 0 aliphatic carbocycles. The summed E-state index contributed by atoms with van der Waals surface area (Å²) in [7, 11) is 0. The van der Waals surface area contributed by atoms with Crippen LogP contribution in [0, 0.1) is 16.0 Å². The average Bonchev–Trinajstić information content (AvgIpc) is 2.44. The number of ether oxygens (including phenoxy) is 1. The number of nitro benzene ring substituents is 1. The van der Waals surface area contributed by atoms with Crippen LogP contribution in [0.5, 0.6) is 5.75 Å². The first kappa shape index (κ1) is 15.3. The van der Waals surface area contributed by atoms with E-state index in [2.05, 4.69) is 0 Å². The standard InChI is InChI=1S/C15H20N2O4/c1-4-5-8-16-12-9-11(17(19)20)6-7-13(12)21-14(10(2)3)15(16)18/h6-7,9-10,14H,4-5,8H2,1-3H3. The van der Waals surface area contributed by atoms with Gasteiger partial charge in [-0.2, -0.15) is 0 Å². The Labute approximate surface area is 123 Å². The number of non-ortho nitro benzene ring substituents is 1. The molecule has 1 amide bonds. The summed E-state index contributed by atoms with van der Waals surface area (Å²) in [6.45, 7) is 6.45. The maximum Gasteiger partial charge on any atom is 0.271 e. The lowest BCUT2D eigenvalue weighted by molar-refractivity contribution is -0.384. The summed E-state index contributed by atoms with van der Waals surface area (Å²) in [5.41, 5.74) is 0.467. The van der Waals surface area contributed by atoms with Crippen LogP contribution in [-0.2, 0) is 4.79 Å². The number of benzene rings is 1. The molecule has 0 saturated carbocycles. The summed E-state index contributed by atoms with van der Waals surface area (Å²) in [4.78, 5) is 24.6. The van der Waals surface area contributed by atoms with Gasteiger partial charge < -0.3 is 9.64 Å². The molecule has 0 bridgehead atoms. The van der Waals surface area contributed by atoms with Crippen LogP contribution in [0.25, 0.3) is 0 Å². The predicted molar refractivity (Wildman–Crippen MR) is 79.6 cm³/mol. The van der Waals surface area contributed by atoms with Crippen LogP contribution in [0.4, 0.5) is 11.4 Å². The van der Waals surface area contributed by atoms with Gasteiger partial charge in [-0.15, -0.1) is 0 Å². The van der Waals surface area contributed by atoms with Gasteiger partial charge in [0.15, 0.2) is 6.10 Å². The molecule has 0 spiro atoms. The van der Waals surface area contributed by atoms with E-state index in [-0.39, 0.29) is 17.5 Å². The van der Waals surface area contributed by atoms with Crippen LogP contribution in [0.15, 0.2) is 18.2 Å². The third-order valence-corrected chi connectivity index (χ3v) is 3.55. The van der Waals surface area contributed by atoms with Gasteiger partial charge in [-0.1, -0.05) is 27.2 Å². The van der Waals surface area contributed by atoms with E-state index < -0.39 is 11.0 Å². The second kappa shape index (κ2) is 6.11. The van der Waals surface area contributed by atoms with Gasteiger partial charge in [0.25, 0.3) is 11.6 Å². The molecule has 1 atom stereocenters. The highest BCUT2D eigenvalue weighted by molar-refractivity contribution is 6.00. The van der Waals surface area contributed by atoms with Crippen molar-refractivity contribution in [3.05, 3.63) is 28.3 Å². The van der Waals surface area contributed by atoms with Gasteiger partial charge in [0.1, 0.15) is 5.75 Å². The Morgan fingerprint density at radius 3 is 2.71 bits per heavy atom. The third-order valence-electron chi connectivity index (χ3n) is 3.55. The molecule has 1 aromatic carbocycles. The molecule has 2 rings (SSSR count). The number of amides is 1. The van der Waals surface area contributed by atoms with Crippen LogP contribution >= 0.6 is 0 Å². The Balaban J connectivity index is 2.44. The lowest BCUT2D eigenvalue weighted by Crippen LogP contribution is -2.48. The van der Waals surface area contributed by atoms with E-state index in [1.807, 2.05) is 20.8 Å². The molecule has 21 heavy (non-hydrogen) atoms. The van der Waals surface area contributed by atoms with Crippen LogP contribution in [-0.4, -0.2) is 23.5 Å². The molecule has 1 aliphatic heterocycles. The highest BCUT2D eigenvalue weighted by Gasteiger charge is 2.36. The lowest BCUT2D eigenvalue weighted by Gasteiger charge is -2.35. The molecule has 114 valence electrons. The molecule has 0 aromatic heterocycles. The molecule has 1 aliphatic rings. The van der Waals surface area contributed by atoms with E-state index in [4.69, 9.17) is 4.74 Å². The van der Waals surface area contributed by atoms with Gasteiger partial charge in [-0.3, -0.25) is 14.9 Å². The maximum atomic E-state index is 12.5. The van der Waals surface area contributed by atoms with Gasteiger partial charge in [-0.05, 0) is 18.4 Å². The van der Waals surface area contributed by atoms with Crippen molar-refractivity contribution >= 4 is 17.3 Å². The van der Waals surface area contributed by atoms with Crippen molar-refractivity contribution in [2.24, 2.45) is 5.92 Å². The topological polar surface area (TPSA) is 72.7 Å². The fourth-order valence-corrected chi connectivity index (χ4v) is 2.36. The summed E-state index contributed by atoms with van der Waals surface area (Å²) < 4.78 is 5.74. The van der Waals surface area contributed by atoms with E-state index in [1.54, 1.807) is 11.0 Å². The number of hydrogen-bond donors (Lipinski definition) is 0. The Bertz CT molecular complexity index is 557. The highest BCUT2D eigenvalue weighted by atomic mass is 16.6. The zero-order chi connectivity index (χ0) is 15.6. The van der Waals surface area contributed by atoms with E-state index in [9.17, 15) is 14.9 Å². The summed E-state index contributed by atoms with van der Waals surface area (Å²) in [5.74, 6) is 0.464. The zero-order valence-corrected chi connectivity index (χ0v) is 12.5. The Hall–Kier alpha value is -2.11. The predicted octanol–water partition coefficient (Wildman–Crippen LogP) is 3.14. The number of nitro groups is 1. The van der Waals surface area contributed by atoms with E-state index >= 15 is 0 Å². The number of carbonyl (C=O) groups is 1. The number of nitrogens with zero attached hydrogens (tertiary/aromatic N) is 2. The molecule has 1 unspecified atom stereocenters. The molecule has 0 saturated heterocycles. The lowest BCUT2D eigenvalue weighted by atomic mass is 10.0. The van der Waals surface area contributed by atoms with Gasteiger partial charge in [0, 0.05) is 18.7 Å².